The maximum Gasteiger partial charge on any atom is 0.270 e. The molecule has 0 unspecified atom stereocenters. The molecule has 0 saturated carbocycles. The SMILES string of the molecule is COc1ccc(CCNC(=O)c2ncnc3ccccc23)cc1OC. The number of ether oxygens (including phenoxy) is 2. The fourth-order valence-corrected chi connectivity index (χ4v) is 2.63. The number of nitrogens with one attached hydrogen (secondary N) is 1. The Kier molecular flexibility index (Phi) is 5.09. The van der Waals surface area contributed by atoms with Gasteiger partial charge in [0.05, 0.1) is 19.7 Å². The lowest BCUT2D eigenvalue weighted by Crippen LogP contribution is -2.26. The summed E-state index contributed by atoms with van der Waals surface area (Å²) in [6, 6.07) is 13.2. The van der Waals surface area contributed by atoms with Crippen LogP contribution in [0.2, 0.25) is 0 Å². The molecule has 1 N–H and O–H groups in total. The number of methoxy groups -OCH3 is 2. The largest absolute Gasteiger partial charge is 0.493 e. The molecule has 1 heterocycles. The Morgan fingerprint density at radius 1 is 1.04 bits per heavy atom. The quantitative estimate of drug-likeness (QED) is 0.748. The van der Waals surface area contributed by atoms with Crippen LogP contribution in [0.3, 0.4) is 0 Å². The van der Waals surface area contributed by atoms with Gasteiger partial charge in [-0.3, -0.25) is 4.79 Å². The van der Waals surface area contributed by atoms with Crippen molar-refractivity contribution in [1.29, 1.82) is 0 Å². The van der Waals surface area contributed by atoms with Gasteiger partial charge in [-0.25, -0.2) is 9.97 Å². The Bertz CT molecular complexity index is 891. The number of hydrogen-bond acceptors (Lipinski definition) is 5. The number of amides is 1. The van der Waals surface area contributed by atoms with Gasteiger partial charge >= 0.3 is 0 Å². The van der Waals surface area contributed by atoms with E-state index in [9.17, 15) is 4.79 Å². The Labute approximate surface area is 145 Å². The minimum absolute atomic E-state index is 0.209. The maximum absolute atomic E-state index is 12.4. The van der Waals surface area contributed by atoms with Crippen molar-refractivity contribution in [3.05, 3.63) is 60.0 Å². The molecule has 3 rings (SSSR count). The van der Waals surface area contributed by atoms with Gasteiger partial charge in [0.25, 0.3) is 5.91 Å². The van der Waals surface area contributed by atoms with E-state index in [4.69, 9.17) is 9.47 Å². The molecule has 0 aliphatic heterocycles. The zero-order valence-electron chi connectivity index (χ0n) is 14.2. The van der Waals surface area contributed by atoms with Crippen molar-refractivity contribution in [1.82, 2.24) is 15.3 Å². The van der Waals surface area contributed by atoms with Gasteiger partial charge in [0.15, 0.2) is 11.5 Å². The molecular formula is C19H19N3O3. The Balaban J connectivity index is 1.66. The highest BCUT2D eigenvalue weighted by molar-refractivity contribution is 6.04. The van der Waals surface area contributed by atoms with Gasteiger partial charge in [-0.2, -0.15) is 0 Å². The molecule has 128 valence electrons. The Morgan fingerprint density at radius 2 is 1.84 bits per heavy atom. The molecule has 0 fully saturated rings. The van der Waals surface area contributed by atoms with Gasteiger partial charge < -0.3 is 14.8 Å². The van der Waals surface area contributed by atoms with Gasteiger partial charge in [0.2, 0.25) is 0 Å². The molecule has 3 aromatic rings. The molecule has 0 spiro atoms. The average Bonchev–Trinajstić information content (AvgIpc) is 2.67. The van der Waals surface area contributed by atoms with Gasteiger partial charge in [-0.15, -0.1) is 0 Å². The van der Waals surface area contributed by atoms with Gasteiger partial charge in [0.1, 0.15) is 12.0 Å². The second kappa shape index (κ2) is 7.61. The summed E-state index contributed by atoms with van der Waals surface area (Å²) in [5, 5.41) is 3.65. The van der Waals surface area contributed by atoms with E-state index in [1.807, 2.05) is 42.5 Å². The summed E-state index contributed by atoms with van der Waals surface area (Å²) in [5.74, 6) is 1.15. The molecule has 0 radical (unpaired) electrons. The van der Waals surface area contributed by atoms with E-state index in [0.717, 1.165) is 16.5 Å². The van der Waals surface area contributed by atoms with Crippen LogP contribution in [0, 0.1) is 0 Å². The van der Waals surface area contributed by atoms with Crippen molar-refractivity contribution in [3.63, 3.8) is 0 Å². The van der Waals surface area contributed by atoms with Crippen LogP contribution >= 0.6 is 0 Å². The predicted molar refractivity (Wildman–Crippen MR) is 95.1 cm³/mol. The van der Waals surface area contributed by atoms with Gasteiger partial charge in [-0.05, 0) is 30.2 Å². The van der Waals surface area contributed by atoms with Crippen LogP contribution in [0.15, 0.2) is 48.8 Å². The summed E-state index contributed by atoms with van der Waals surface area (Å²) in [7, 11) is 3.20. The molecule has 0 aliphatic rings. The van der Waals surface area contributed by atoms with E-state index in [2.05, 4.69) is 15.3 Å². The molecule has 0 atom stereocenters. The number of benzene rings is 2. The maximum atomic E-state index is 12.4. The van der Waals surface area contributed by atoms with Crippen LogP contribution < -0.4 is 14.8 Å². The summed E-state index contributed by atoms with van der Waals surface area (Å²) < 4.78 is 10.5. The lowest BCUT2D eigenvalue weighted by Gasteiger charge is -2.10. The topological polar surface area (TPSA) is 73.3 Å². The molecule has 0 aliphatic carbocycles. The first-order chi connectivity index (χ1) is 12.2. The van der Waals surface area contributed by atoms with Gasteiger partial charge in [-0.1, -0.05) is 24.3 Å². The molecular weight excluding hydrogens is 318 g/mol. The Hall–Kier alpha value is -3.15. The standard InChI is InChI=1S/C19H19N3O3/c1-24-16-8-7-13(11-17(16)25-2)9-10-20-19(23)18-14-5-3-4-6-15(14)21-12-22-18/h3-8,11-12H,9-10H2,1-2H3,(H,20,23). The third-order valence-corrected chi connectivity index (χ3v) is 3.91. The number of rotatable bonds is 6. The number of carbonyl (C=O) groups excluding carboxylic acids is 1. The monoisotopic (exact) mass is 337 g/mol. The summed E-state index contributed by atoms with van der Waals surface area (Å²) in [5.41, 5.74) is 2.19. The number of fused-ring (bicyclic) bond motifs is 1. The highest BCUT2D eigenvalue weighted by Crippen LogP contribution is 2.27. The van der Waals surface area contributed by atoms with Gasteiger partial charge in [0, 0.05) is 11.9 Å². The van der Waals surface area contributed by atoms with E-state index >= 15 is 0 Å². The second-order valence-electron chi connectivity index (χ2n) is 5.43. The highest BCUT2D eigenvalue weighted by atomic mass is 16.5. The van der Waals surface area contributed by atoms with Crippen molar-refractivity contribution in [2.75, 3.05) is 20.8 Å². The van der Waals surface area contributed by atoms with Crippen LogP contribution in [0.25, 0.3) is 10.9 Å². The molecule has 0 saturated heterocycles. The molecule has 6 heteroatoms. The minimum Gasteiger partial charge on any atom is -0.493 e. The number of nitrogens with zero attached hydrogens (tertiary/aromatic N) is 2. The fourth-order valence-electron chi connectivity index (χ4n) is 2.63. The smallest absolute Gasteiger partial charge is 0.270 e. The van der Waals surface area contributed by atoms with E-state index in [0.29, 0.717) is 30.2 Å². The molecule has 1 aromatic heterocycles. The van der Waals surface area contributed by atoms with Crippen molar-refractivity contribution in [2.24, 2.45) is 0 Å². The fraction of sp³-hybridized carbons (Fsp3) is 0.211. The molecule has 1 amide bonds. The van der Waals surface area contributed by atoms with E-state index in [-0.39, 0.29) is 5.91 Å². The number of hydrogen-bond donors (Lipinski definition) is 1. The Morgan fingerprint density at radius 3 is 2.64 bits per heavy atom. The lowest BCUT2D eigenvalue weighted by molar-refractivity contribution is 0.0951. The van der Waals surface area contributed by atoms with Crippen LogP contribution in [0.1, 0.15) is 16.1 Å². The number of aromatic nitrogens is 2. The molecule has 0 bridgehead atoms. The van der Waals surface area contributed by atoms with Crippen molar-refractivity contribution in [2.45, 2.75) is 6.42 Å². The summed E-state index contributed by atoms with van der Waals surface area (Å²) in [6.45, 7) is 0.493. The molecule has 25 heavy (non-hydrogen) atoms. The van der Waals surface area contributed by atoms with E-state index in [1.54, 1.807) is 14.2 Å². The van der Waals surface area contributed by atoms with E-state index < -0.39 is 0 Å². The zero-order valence-corrected chi connectivity index (χ0v) is 14.2. The summed E-state index contributed by atoms with van der Waals surface area (Å²) >= 11 is 0. The van der Waals surface area contributed by atoms with Crippen molar-refractivity contribution >= 4 is 16.8 Å². The highest BCUT2D eigenvalue weighted by Gasteiger charge is 2.12. The first-order valence-electron chi connectivity index (χ1n) is 7.91. The first-order valence-corrected chi connectivity index (χ1v) is 7.91. The van der Waals surface area contributed by atoms with E-state index in [1.165, 1.54) is 6.33 Å². The van der Waals surface area contributed by atoms with Crippen LogP contribution in [-0.4, -0.2) is 36.6 Å². The zero-order chi connectivity index (χ0) is 17.6. The molecule has 6 nitrogen and oxygen atoms in total. The lowest BCUT2D eigenvalue weighted by atomic mass is 10.1. The number of para-hydroxylation sites is 1. The second-order valence-corrected chi connectivity index (χ2v) is 5.43. The summed E-state index contributed by atoms with van der Waals surface area (Å²) in [4.78, 5) is 20.7. The normalized spacial score (nSPS) is 10.5. The third kappa shape index (κ3) is 3.68. The summed E-state index contributed by atoms with van der Waals surface area (Å²) in [6.07, 6.45) is 2.08. The van der Waals surface area contributed by atoms with Crippen molar-refractivity contribution in [3.8, 4) is 11.5 Å². The third-order valence-electron chi connectivity index (χ3n) is 3.91. The predicted octanol–water partition coefficient (Wildman–Crippen LogP) is 2.62. The average molecular weight is 337 g/mol. The van der Waals surface area contributed by atoms with Crippen LogP contribution in [-0.2, 0) is 6.42 Å². The number of carbonyl (C=O) groups is 1. The minimum atomic E-state index is -0.209. The van der Waals surface area contributed by atoms with Crippen molar-refractivity contribution < 1.29 is 14.3 Å². The first kappa shape index (κ1) is 16.7. The molecule has 2 aromatic carbocycles. The van der Waals surface area contributed by atoms with Crippen LogP contribution in [0.5, 0.6) is 11.5 Å². The van der Waals surface area contributed by atoms with Crippen LogP contribution in [0.4, 0.5) is 0 Å².